The molecule has 0 aromatic carbocycles. The maximum atomic E-state index is 10.0. The fourth-order valence-electron chi connectivity index (χ4n) is 3.99. The first-order chi connectivity index (χ1) is 18.3. The van der Waals surface area contributed by atoms with Crippen molar-refractivity contribution in [2.24, 2.45) is 0 Å². The molecule has 3 heterocycles. The Bertz CT molecular complexity index is 1290. The number of imidazole rings is 1. The summed E-state index contributed by atoms with van der Waals surface area (Å²) < 4.78 is 30.5. The molecule has 1 fully saturated rings. The van der Waals surface area contributed by atoms with Gasteiger partial charge in [-0.2, -0.15) is 4.73 Å². The van der Waals surface area contributed by atoms with Gasteiger partial charge < -0.3 is 23.2 Å². The molecule has 3 rings (SSSR count). The smallest absolute Gasteiger partial charge is 0.192 e. The SMILES string of the molecule is CC(C)(C)[Si](C)(C)OC[C@H]1O[C@@H](n2cnc3c(=N)n(O)cnc32)[C@H](O[Si](C)(C)C(C)(C)C)[C@@H]1O[Si](C)(C)C(C)(C)C. The minimum absolute atomic E-state index is 0.0183. The topological polar surface area (TPSA) is 117 Å². The van der Waals surface area contributed by atoms with E-state index in [1.807, 2.05) is 4.57 Å². The molecule has 0 radical (unpaired) electrons. The molecule has 10 nitrogen and oxygen atoms in total. The molecule has 2 N–H and O–H groups in total. The van der Waals surface area contributed by atoms with Crippen molar-refractivity contribution in [3.05, 3.63) is 18.1 Å². The number of nitrogens with zero attached hydrogens (tertiary/aromatic N) is 4. The summed E-state index contributed by atoms with van der Waals surface area (Å²) >= 11 is 0. The third kappa shape index (κ3) is 6.75. The van der Waals surface area contributed by atoms with Crippen LogP contribution in [0, 0.1) is 5.41 Å². The van der Waals surface area contributed by atoms with Gasteiger partial charge in [-0.05, 0) is 54.4 Å². The van der Waals surface area contributed by atoms with E-state index >= 15 is 0 Å². The molecule has 4 atom stereocenters. The predicted molar refractivity (Wildman–Crippen MR) is 170 cm³/mol. The molecule has 1 saturated heterocycles. The predicted octanol–water partition coefficient (Wildman–Crippen LogP) is 6.65. The second kappa shape index (κ2) is 11.0. The molecule has 1 aliphatic rings. The highest BCUT2D eigenvalue weighted by Crippen LogP contribution is 2.46. The Hall–Kier alpha value is -1.36. The number of rotatable bonds is 8. The third-order valence-corrected chi connectivity index (χ3v) is 23.4. The Kier molecular flexibility index (Phi) is 9.13. The van der Waals surface area contributed by atoms with Gasteiger partial charge in [0.05, 0.1) is 12.9 Å². The van der Waals surface area contributed by atoms with Crippen molar-refractivity contribution in [3.63, 3.8) is 0 Å². The van der Waals surface area contributed by atoms with Crippen LogP contribution in [-0.4, -0.2) is 74.3 Å². The fourth-order valence-corrected chi connectivity index (χ4v) is 7.60. The van der Waals surface area contributed by atoms with Crippen LogP contribution in [0.1, 0.15) is 68.5 Å². The van der Waals surface area contributed by atoms with Gasteiger partial charge in [-0.15, -0.1) is 0 Å². The molecular weight excluding hydrogens is 571 g/mol. The van der Waals surface area contributed by atoms with Crippen LogP contribution in [0.4, 0.5) is 0 Å². The van der Waals surface area contributed by atoms with Gasteiger partial charge in [0.2, 0.25) is 0 Å². The second-order valence-corrected chi connectivity index (χ2v) is 30.4. The van der Waals surface area contributed by atoms with E-state index in [4.69, 9.17) is 23.4 Å². The maximum absolute atomic E-state index is 10.0. The van der Waals surface area contributed by atoms with Gasteiger partial charge in [0.1, 0.15) is 24.6 Å². The zero-order chi connectivity index (χ0) is 31.6. The molecule has 0 spiro atoms. The molecular formula is C28H55N5O5Si3. The number of nitrogens with one attached hydrogen (secondary N) is 1. The lowest BCUT2D eigenvalue weighted by Crippen LogP contribution is -2.54. The molecule has 13 heteroatoms. The molecule has 0 aliphatic carbocycles. The van der Waals surface area contributed by atoms with Gasteiger partial charge in [-0.25, -0.2) is 9.97 Å². The van der Waals surface area contributed by atoms with Gasteiger partial charge in [-0.1, -0.05) is 62.3 Å². The van der Waals surface area contributed by atoms with Gasteiger partial charge in [0, 0.05) is 0 Å². The van der Waals surface area contributed by atoms with E-state index in [-0.39, 0.29) is 38.3 Å². The van der Waals surface area contributed by atoms with Gasteiger partial charge >= 0.3 is 0 Å². The zero-order valence-corrected chi connectivity index (χ0v) is 31.0. The number of aromatic nitrogens is 4. The van der Waals surface area contributed by atoms with Gasteiger partial charge in [0.15, 0.2) is 47.8 Å². The van der Waals surface area contributed by atoms with E-state index in [0.29, 0.717) is 17.0 Å². The number of fused-ring (bicyclic) bond motifs is 1. The van der Waals surface area contributed by atoms with E-state index < -0.39 is 37.3 Å². The molecule has 234 valence electrons. The Morgan fingerprint density at radius 3 is 1.78 bits per heavy atom. The Morgan fingerprint density at radius 1 is 0.805 bits per heavy atom. The lowest BCUT2D eigenvalue weighted by Gasteiger charge is -2.44. The molecule has 0 amide bonds. The minimum atomic E-state index is -2.31. The summed E-state index contributed by atoms with van der Waals surface area (Å²) in [5.41, 5.74) is 0.596. The lowest BCUT2D eigenvalue weighted by atomic mass is 10.1. The van der Waals surface area contributed by atoms with Crippen molar-refractivity contribution < 1.29 is 23.2 Å². The normalized spacial score (nSPS) is 23.5. The summed E-state index contributed by atoms with van der Waals surface area (Å²) in [6, 6.07) is 0. The van der Waals surface area contributed by atoms with E-state index in [9.17, 15) is 5.21 Å². The van der Waals surface area contributed by atoms with Crippen LogP contribution in [0.25, 0.3) is 11.2 Å². The monoisotopic (exact) mass is 625 g/mol. The number of ether oxygens (including phenoxy) is 1. The van der Waals surface area contributed by atoms with Crippen LogP contribution in [0.5, 0.6) is 0 Å². The van der Waals surface area contributed by atoms with E-state index in [1.54, 1.807) is 6.33 Å². The molecule has 0 unspecified atom stereocenters. The quantitative estimate of drug-likeness (QED) is 0.249. The number of hydrogen-bond donors (Lipinski definition) is 2. The first-order valence-corrected chi connectivity index (χ1v) is 23.4. The third-order valence-electron chi connectivity index (χ3n) is 9.96. The maximum Gasteiger partial charge on any atom is 0.192 e. The van der Waals surface area contributed by atoms with Crippen molar-refractivity contribution in [1.29, 1.82) is 5.41 Å². The van der Waals surface area contributed by atoms with Crippen LogP contribution in [0.2, 0.25) is 54.4 Å². The average molecular weight is 626 g/mol. The fraction of sp³-hybridized carbons (Fsp3) is 0.821. The van der Waals surface area contributed by atoms with Crippen molar-refractivity contribution in [2.45, 2.75) is 141 Å². The summed E-state index contributed by atoms with van der Waals surface area (Å²) in [6.45, 7) is 34.0. The number of hydrogen-bond acceptors (Lipinski definition) is 8. The Labute approximate surface area is 249 Å². The van der Waals surface area contributed by atoms with Gasteiger partial charge in [-0.3, -0.25) is 9.98 Å². The highest BCUT2D eigenvalue weighted by Gasteiger charge is 2.55. The second-order valence-electron chi connectivity index (χ2n) is 16.1. The van der Waals surface area contributed by atoms with Crippen LogP contribution in [-0.2, 0) is 18.0 Å². The van der Waals surface area contributed by atoms with Crippen LogP contribution < -0.4 is 5.49 Å². The average Bonchev–Trinajstić information content (AvgIpc) is 3.34. The summed E-state index contributed by atoms with van der Waals surface area (Å²) in [5.74, 6) is 0. The highest BCUT2D eigenvalue weighted by atomic mass is 28.4. The highest BCUT2D eigenvalue weighted by molar-refractivity contribution is 6.75. The standard InChI is InChI=1S/C28H55N5O5Si3/c1-26(2,3)39(10,11)35-16-19-21(37-40(12,13)27(4,5)6)22(38-41(14,15)28(7,8)9)25(36-19)32-17-30-20-23(29)33(34)18-31-24(20)32/h17-19,21-22,25,29,34H,16H2,1-15H3/t19-,21-,22-,25-/m1/s1. The van der Waals surface area contributed by atoms with Crippen molar-refractivity contribution in [2.75, 3.05) is 6.61 Å². The minimum Gasteiger partial charge on any atom is -0.425 e. The van der Waals surface area contributed by atoms with E-state index in [0.717, 1.165) is 0 Å². The summed E-state index contributed by atoms with van der Waals surface area (Å²) in [6.07, 6.45) is 1.04. The van der Waals surface area contributed by atoms with Crippen LogP contribution >= 0.6 is 0 Å². The lowest BCUT2D eigenvalue weighted by molar-refractivity contribution is -0.0470. The van der Waals surface area contributed by atoms with Gasteiger partial charge in [0.25, 0.3) is 0 Å². The first-order valence-electron chi connectivity index (χ1n) is 14.6. The molecule has 2 aromatic heterocycles. The van der Waals surface area contributed by atoms with Crippen molar-refractivity contribution >= 4 is 36.1 Å². The summed E-state index contributed by atoms with van der Waals surface area (Å²) in [4.78, 5) is 8.86. The molecule has 2 aromatic rings. The summed E-state index contributed by atoms with van der Waals surface area (Å²) in [7, 11) is -6.66. The zero-order valence-electron chi connectivity index (χ0n) is 28.0. The Balaban J connectivity index is 2.18. The molecule has 41 heavy (non-hydrogen) atoms. The summed E-state index contributed by atoms with van der Waals surface area (Å²) in [5, 5.41) is 18.3. The van der Waals surface area contributed by atoms with Crippen LogP contribution in [0.15, 0.2) is 12.7 Å². The molecule has 0 saturated carbocycles. The first kappa shape index (κ1) is 34.1. The van der Waals surface area contributed by atoms with Crippen molar-refractivity contribution in [3.8, 4) is 0 Å². The van der Waals surface area contributed by atoms with E-state index in [1.165, 1.54) is 6.33 Å². The molecule has 1 aliphatic heterocycles. The van der Waals surface area contributed by atoms with Crippen LogP contribution in [0.3, 0.4) is 0 Å². The largest absolute Gasteiger partial charge is 0.425 e. The molecule has 0 bridgehead atoms. The van der Waals surface area contributed by atoms with Crippen molar-refractivity contribution in [1.82, 2.24) is 19.3 Å². The van der Waals surface area contributed by atoms with E-state index in [2.05, 4.69) is 112 Å². The Morgan fingerprint density at radius 2 is 1.29 bits per heavy atom.